The summed E-state index contributed by atoms with van der Waals surface area (Å²) in [5.74, 6) is 0.491. The smallest absolute Gasteiger partial charge is 0.260 e. The molecule has 9 heteroatoms. The molecule has 188 valence electrons. The Bertz CT molecular complexity index is 1230. The molecule has 1 fully saturated rings. The minimum absolute atomic E-state index is 0.174. The van der Waals surface area contributed by atoms with Gasteiger partial charge in [0, 0.05) is 25.2 Å². The first kappa shape index (κ1) is 25.8. The van der Waals surface area contributed by atoms with Crippen molar-refractivity contribution in [3.05, 3.63) is 54.1 Å². The van der Waals surface area contributed by atoms with Gasteiger partial charge in [0.15, 0.2) is 5.13 Å². The molecule has 7 nitrogen and oxygen atoms in total. The van der Waals surface area contributed by atoms with Gasteiger partial charge in [-0.05, 0) is 81.7 Å². The summed E-state index contributed by atoms with van der Waals surface area (Å²) in [6.07, 6.45) is 1.83. The number of benzene rings is 2. The summed E-state index contributed by atoms with van der Waals surface area (Å²) in [7, 11) is 0.422. The van der Waals surface area contributed by atoms with Crippen molar-refractivity contribution in [1.82, 2.24) is 14.2 Å². The molecule has 35 heavy (non-hydrogen) atoms. The summed E-state index contributed by atoms with van der Waals surface area (Å²) < 4.78 is 29.1. The number of aromatic nitrogens is 1. The van der Waals surface area contributed by atoms with Gasteiger partial charge in [0.25, 0.3) is 5.91 Å². The zero-order valence-electron chi connectivity index (χ0n) is 20.8. The van der Waals surface area contributed by atoms with Crippen LogP contribution in [0.25, 0.3) is 10.2 Å². The summed E-state index contributed by atoms with van der Waals surface area (Å²) in [6, 6.07) is 14.2. The second kappa shape index (κ2) is 10.7. The fourth-order valence-electron chi connectivity index (χ4n) is 4.68. The third-order valence-corrected chi connectivity index (χ3v) is 9.23. The normalized spacial score (nSPS) is 19.3. The molecule has 1 saturated heterocycles. The molecule has 3 aromatic rings. The van der Waals surface area contributed by atoms with E-state index in [2.05, 4.69) is 18.7 Å². The minimum Gasteiger partial charge on any atom is -0.309 e. The van der Waals surface area contributed by atoms with Gasteiger partial charge in [-0.1, -0.05) is 37.3 Å². The van der Waals surface area contributed by atoms with Crippen LogP contribution in [0, 0.1) is 11.8 Å². The number of anilines is 1. The number of carbonyl (C=O) groups is 1. The SMILES string of the molecule is CC1CC(C)CN(S(=O)(=O)c2ccc(C(=O)N(CCCN(C)C)c3nc4ccccc4s3)cc2)C1. The Hall–Kier alpha value is -2.33. The Balaban J connectivity index is 1.58. The number of hydrogen-bond donors (Lipinski definition) is 0. The molecular formula is C26H34N4O3S2. The Labute approximate surface area is 212 Å². The van der Waals surface area contributed by atoms with E-state index < -0.39 is 10.0 Å². The van der Waals surface area contributed by atoms with Gasteiger partial charge in [0.05, 0.1) is 15.1 Å². The van der Waals surface area contributed by atoms with E-state index in [0.717, 1.165) is 29.6 Å². The Morgan fingerprint density at radius 1 is 1.03 bits per heavy atom. The van der Waals surface area contributed by atoms with Crippen LogP contribution in [0.5, 0.6) is 0 Å². The van der Waals surface area contributed by atoms with Crippen LogP contribution in [0.1, 0.15) is 37.0 Å². The number of carbonyl (C=O) groups excluding carboxylic acids is 1. The standard InChI is InChI=1S/C26H34N4O3S2/c1-19-16-20(2)18-29(17-19)35(32,33)22-12-10-21(11-13-22)25(31)30(15-7-14-28(3)4)26-27-23-8-5-6-9-24(23)34-26/h5-6,8-13,19-20H,7,14-18H2,1-4H3. The molecule has 2 unspecified atom stereocenters. The van der Waals surface area contributed by atoms with E-state index in [1.165, 1.54) is 11.3 Å². The number of amides is 1. The number of nitrogens with zero attached hydrogens (tertiary/aromatic N) is 4. The van der Waals surface area contributed by atoms with E-state index in [4.69, 9.17) is 4.98 Å². The van der Waals surface area contributed by atoms with Crippen molar-refractivity contribution in [2.24, 2.45) is 11.8 Å². The molecular weight excluding hydrogens is 480 g/mol. The van der Waals surface area contributed by atoms with Gasteiger partial charge in [-0.25, -0.2) is 13.4 Å². The predicted octanol–water partition coefficient (Wildman–Crippen LogP) is 4.56. The summed E-state index contributed by atoms with van der Waals surface area (Å²) in [4.78, 5) is 22.3. The van der Waals surface area contributed by atoms with Gasteiger partial charge in [-0.3, -0.25) is 9.69 Å². The monoisotopic (exact) mass is 514 g/mol. The second-order valence-corrected chi connectivity index (χ2v) is 12.8. The van der Waals surface area contributed by atoms with Crippen LogP contribution in [-0.2, 0) is 10.0 Å². The highest BCUT2D eigenvalue weighted by Crippen LogP contribution is 2.30. The average molecular weight is 515 g/mol. The number of sulfonamides is 1. The van der Waals surface area contributed by atoms with E-state index >= 15 is 0 Å². The third-order valence-electron chi connectivity index (χ3n) is 6.32. The fourth-order valence-corrected chi connectivity index (χ4v) is 7.35. The molecule has 1 aliphatic rings. The number of piperidine rings is 1. The first-order valence-corrected chi connectivity index (χ1v) is 14.3. The largest absolute Gasteiger partial charge is 0.309 e. The molecule has 0 N–H and O–H groups in total. The van der Waals surface area contributed by atoms with E-state index in [-0.39, 0.29) is 10.8 Å². The first-order chi connectivity index (χ1) is 16.6. The lowest BCUT2D eigenvalue weighted by Crippen LogP contribution is -2.42. The van der Waals surface area contributed by atoms with Crippen molar-refractivity contribution in [1.29, 1.82) is 0 Å². The first-order valence-electron chi connectivity index (χ1n) is 12.1. The topological polar surface area (TPSA) is 73.8 Å². The molecule has 0 bridgehead atoms. The van der Waals surface area contributed by atoms with Gasteiger partial charge in [-0.15, -0.1) is 0 Å². The van der Waals surface area contributed by atoms with Crippen LogP contribution in [0.2, 0.25) is 0 Å². The van der Waals surface area contributed by atoms with Crippen molar-refractivity contribution in [3.63, 3.8) is 0 Å². The molecule has 2 atom stereocenters. The molecule has 0 radical (unpaired) electrons. The van der Waals surface area contributed by atoms with Crippen molar-refractivity contribution in [3.8, 4) is 0 Å². The summed E-state index contributed by atoms with van der Waals surface area (Å²) in [5.41, 5.74) is 1.32. The number of para-hydroxylation sites is 1. The van der Waals surface area contributed by atoms with Crippen LogP contribution in [0.3, 0.4) is 0 Å². The zero-order chi connectivity index (χ0) is 25.2. The molecule has 1 aliphatic heterocycles. The maximum absolute atomic E-state index is 13.6. The van der Waals surface area contributed by atoms with E-state index in [1.54, 1.807) is 33.5 Å². The van der Waals surface area contributed by atoms with Gasteiger partial charge in [-0.2, -0.15) is 4.31 Å². The predicted molar refractivity (Wildman–Crippen MR) is 143 cm³/mol. The molecule has 2 heterocycles. The molecule has 1 aromatic heterocycles. The highest BCUT2D eigenvalue weighted by molar-refractivity contribution is 7.89. The van der Waals surface area contributed by atoms with Crippen LogP contribution in [0.15, 0.2) is 53.4 Å². The molecule has 0 spiro atoms. The second-order valence-electron chi connectivity index (χ2n) is 9.87. The lowest BCUT2D eigenvalue weighted by molar-refractivity contribution is 0.0986. The number of thiazole rings is 1. The molecule has 2 aromatic carbocycles. The summed E-state index contributed by atoms with van der Waals surface area (Å²) in [6.45, 7) is 6.62. The number of rotatable bonds is 8. The number of fused-ring (bicyclic) bond motifs is 1. The van der Waals surface area contributed by atoms with Crippen molar-refractivity contribution in [2.75, 3.05) is 45.2 Å². The van der Waals surface area contributed by atoms with Crippen molar-refractivity contribution in [2.45, 2.75) is 31.6 Å². The Kier molecular flexibility index (Phi) is 7.90. The van der Waals surface area contributed by atoms with Crippen LogP contribution >= 0.6 is 11.3 Å². The Morgan fingerprint density at radius 3 is 2.31 bits per heavy atom. The van der Waals surface area contributed by atoms with Crippen LogP contribution < -0.4 is 4.90 Å². The van der Waals surface area contributed by atoms with E-state index in [0.29, 0.717) is 42.2 Å². The average Bonchev–Trinajstić information content (AvgIpc) is 3.24. The third kappa shape index (κ3) is 5.91. The lowest BCUT2D eigenvalue weighted by atomic mass is 9.94. The van der Waals surface area contributed by atoms with Gasteiger partial charge >= 0.3 is 0 Å². The van der Waals surface area contributed by atoms with Crippen molar-refractivity contribution >= 4 is 42.6 Å². The van der Waals surface area contributed by atoms with Crippen LogP contribution in [-0.4, -0.2) is 68.8 Å². The van der Waals surface area contributed by atoms with E-state index in [1.807, 2.05) is 38.4 Å². The lowest BCUT2D eigenvalue weighted by Gasteiger charge is -2.34. The summed E-state index contributed by atoms with van der Waals surface area (Å²) in [5, 5.41) is 0.656. The maximum atomic E-state index is 13.6. The highest BCUT2D eigenvalue weighted by atomic mass is 32.2. The number of hydrogen-bond acceptors (Lipinski definition) is 6. The van der Waals surface area contributed by atoms with Crippen LogP contribution in [0.4, 0.5) is 5.13 Å². The zero-order valence-corrected chi connectivity index (χ0v) is 22.5. The fraction of sp³-hybridized carbons (Fsp3) is 0.462. The van der Waals surface area contributed by atoms with E-state index in [9.17, 15) is 13.2 Å². The quantitative estimate of drug-likeness (QED) is 0.441. The van der Waals surface area contributed by atoms with Crippen molar-refractivity contribution < 1.29 is 13.2 Å². The molecule has 0 saturated carbocycles. The van der Waals surface area contributed by atoms with Gasteiger partial charge in [0.2, 0.25) is 10.0 Å². The highest BCUT2D eigenvalue weighted by Gasteiger charge is 2.32. The van der Waals surface area contributed by atoms with Gasteiger partial charge < -0.3 is 4.90 Å². The van der Waals surface area contributed by atoms with Gasteiger partial charge in [0.1, 0.15) is 0 Å². The molecule has 1 amide bonds. The molecule has 4 rings (SSSR count). The maximum Gasteiger partial charge on any atom is 0.260 e. The summed E-state index contributed by atoms with van der Waals surface area (Å²) >= 11 is 1.49. The minimum atomic E-state index is -3.59. The molecule has 0 aliphatic carbocycles. The Morgan fingerprint density at radius 2 is 1.69 bits per heavy atom.